The summed E-state index contributed by atoms with van der Waals surface area (Å²) < 4.78 is 0. The molecule has 7 atom stereocenters. The molecular formula is C30H48O2. The lowest BCUT2D eigenvalue weighted by Crippen LogP contribution is -2.63. The van der Waals surface area contributed by atoms with E-state index in [1.165, 1.54) is 32.1 Å². The van der Waals surface area contributed by atoms with E-state index < -0.39 is 0 Å². The Balaban J connectivity index is 1.63. The number of carbonyl (C=O) groups is 1. The first-order valence-electron chi connectivity index (χ1n) is 13.6. The molecule has 32 heavy (non-hydrogen) atoms. The quantitative estimate of drug-likeness (QED) is 0.396. The van der Waals surface area contributed by atoms with Crippen LogP contribution in [0.5, 0.6) is 0 Å². The zero-order valence-corrected chi connectivity index (χ0v) is 22.2. The summed E-state index contributed by atoms with van der Waals surface area (Å²) in [6, 6.07) is 0. The SMILES string of the molecule is CC1(C)CCC2(C)C(=O)CC3(C)C4=C(CCC3(C)C2C1)C1(C)CCC(O)C(C)(C)C1CC4. The Bertz CT molecular complexity index is 879. The fraction of sp³-hybridized carbons (Fsp3) is 0.900. The van der Waals surface area contributed by atoms with Crippen LogP contribution in [0.4, 0.5) is 0 Å². The highest BCUT2D eigenvalue weighted by Crippen LogP contribution is 2.74. The summed E-state index contributed by atoms with van der Waals surface area (Å²) in [5.41, 5.74) is 3.98. The Morgan fingerprint density at radius 3 is 2.12 bits per heavy atom. The normalized spacial score (nSPS) is 51.9. The smallest absolute Gasteiger partial charge is 0.139 e. The molecule has 0 saturated heterocycles. The number of aliphatic hydroxyl groups excluding tert-OH is 1. The Hall–Kier alpha value is -0.630. The molecule has 180 valence electrons. The van der Waals surface area contributed by atoms with Crippen molar-refractivity contribution in [2.75, 3.05) is 0 Å². The van der Waals surface area contributed by atoms with Gasteiger partial charge in [0.05, 0.1) is 6.10 Å². The molecule has 5 aliphatic rings. The van der Waals surface area contributed by atoms with Crippen molar-refractivity contribution in [2.24, 2.45) is 44.3 Å². The molecule has 3 fully saturated rings. The molecule has 1 N–H and O–H groups in total. The largest absolute Gasteiger partial charge is 0.393 e. The minimum absolute atomic E-state index is 0.00342. The van der Waals surface area contributed by atoms with E-state index in [-0.39, 0.29) is 33.2 Å². The van der Waals surface area contributed by atoms with Crippen LogP contribution in [-0.2, 0) is 4.79 Å². The number of carbonyl (C=O) groups excluding carboxylic acids is 1. The van der Waals surface area contributed by atoms with Crippen molar-refractivity contribution < 1.29 is 9.90 Å². The second kappa shape index (κ2) is 6.52. The van der Waals surface area contributed by atoms with E-state index in [2.05, 4.69) is 55.4 Å². The lowest BCUT2D eigenvalue weighted by molar-refractivity contribution is -0.174. The third-order valence-corrected chi connectivity index (χ3v) is 12.8. The van der Waals surface area contributed by atoms with Gasteiger partial charge in [0.2, 0.25) is 0 Å². The second-order valence-corrected chi connectivity index (χ2v) is 15.0. The maximum atomic E-state index is 13.9. The number of ketones is 1. The van der Waals surface area contributed by atoms with Gasteiger partial charge in [0, 0.05) is 17.3 Å². The first-order valence-corrected chi connectivity index (χ1v) is 13.6. The zero-order chi connectivity index (χ0) is 23.5. The van der Waals surface area contributed by atoms with Crippen molar-refractivity contribution >= 4 is 5.78 Å². The fourth-order valence-electron chi connectivity index (χ4n) is 10.2. The van der Waals surface area contributed by atoms with Crippen molar-refractivity contribution in [3.63, 3.8) is 0 Å². The fourth-order valence-corrected chi connectivity index (χ4v) is 10.2. The summed E-state index contributed by atoms with van der Waals surface area (Å²) >= 11 is 0. The van der Waals surface area contributed by atoms with Crippen LogP contribution < -0.4 is 0 Å². The van der Waals surface area contributed by atoms with Crippen molar-refractivity contribution in [1.29, 1.82) is 0 Å². The predicted octanol–water partition coefficient (Wildman–Crippen LogP) is 7.49. The topological polar surface area (TPSA) is 37.3 Å². The molecule has 0 aromatic heterocycles. The van der Waals surface area contributed by atoms with Crippen LogP contribution >= 0.6 is 0 Å². The third kappa shape index (κ3) is 2.65. The molecule has 5 rings (SSSR count). The van der Waals surface area contributed by atoms with Crippen LogP contribution in [0, 0.1) is 44.3 Å². The average Bonchev–Trinajstić information content (AvgIpc) is 2.69. The number of rotatable bonds is 0. The molecular weight excluding hydrogens is 392 g/mol. The van der Waals surface area contributed by atoms with Gasteiger partial charge < -0.3 is 5.11 Å². The Labute approximate surface area is 197 Å². The Kier molecular flexibility index (Phi) is 4.71. The molecule has 0 bridgehead atoms. The van der Waals surface area contributed by atoms with Crippen molar-refractivity contribution in [3.8, 4) is 0 Å². The summed E-state index contributed by atoms with van der Waals surface area (Å²) in [5.74, 6) is 1.59. The van der Waals surface area contributed by atoms with Gasteiger partial charge in [0.1, 0.15) is 5.78 Å². The molecule has 2 heteroatoms. The van der Waals surface area contributed by atoms with E-state index in [4.69, 9.17) is 0 Å². The number of Topliss-reactive ketones (excluding diaryl/α,β-unsaturated/α-hetero) is 1. The van der Waals surface area contributed by atoms with Crippen LogP contribution in [-0.4, -0.2) is 17.0 Å². The van der Waals surface area contributed by atoms with Gasteiger partial charge in [-0.2, -0.15) is 0 Å². The first kappa shape index (κ1) is 23.1. The monoisotopic (exact) mass is 440 g/mol. The second-order valence-electron chi connectivity index (χ2n) is 15.0. The van der Waals surface area contributed by atoms with Crippen LogP contribution in [0.3, 0.4) is 0 Å². The number of hydrogen-bond donors (Lipinski definition) is 1. The lowest BCUT2D eigenvalue weighted by Gasteiger charge is -2.69. The lowest BCUT2D eigenvalue weighted by atomic mass is 9.35. The number of aliphatic hydroxyl groups is 1. The first-order chi connectivity index (χ1) is 14.6. The van der Waals surface area contributed by atoms with Gasteiger partial charge in [-0.25, -0.2) is 0 Å². The van der Waals surface area contributed by atoms with Crippen molar-refractivity contribution in [3.05, 3.63) is 11.1 Å². The van der Waals surface area contributed by atoms with Crippen LogP contribution in [0.1, 0.15) is 120 Å². The van der Waals surface area contributed by atoms with E-state index in [0.717, 1.165) is 32.1 Å². The molecule has 3 saturated carbocycles. The Morgan fingerprint density at radius 2 is 1.44 bits per heavy atom. The molecule has 5 aliphatic carbocycles. The van der Waals surface area contributed by atoms with Gasteiger partial charge in [-0.3, -0.25) is 4.79 Å². The summed E-state index contributed by atoms with van der Waals surface area (Å²) in [7, 11) is 0. The minimum Gasteiger partial charge on any atom is -0.393 e. The summed E-state index contributed by atoms with van der Waals surface area (Å²) in [6.07, 6.45) is 10.8. The maximum Gasteiger partial charge on any atom is 0.139 e. The molecule has 0 aromatic rings. The third-order valence-electron chi connectivity index (χ3n) is 12.8. The van der Waals surface area contributed by atoms with Crippen molar-refractivity contribution in [1.82, 2.24) is 0 Å². The van der Waals surface area contributed by atoms with Crippen LogP contribution in [0.15, 0.2) is 11.1 Å². The predicted molar refractivity (Wildman–Crippen MR) is 131 cm³/mol. The number of fused-ring (bicyclic) bond motifs is 6. The maximum absolute atomic E-state index is 13.9. The molecule has 2 nitrogen and oxygen atoms in total. The van der Waals surface area contributed by atoms with Gasteiger partial charge in [-0.05, 0) is 91.3 Å². The van der Waals surface area contributed by atoms with E-state index in [0.29, 0.717) is 23.0 Å². The summed E-state index contributed by atoms with van der Waals surface area (Å²) in [5, 5.41) is 10.8. The van der Waals surface area contributed by atoms with Gasteiger partial charge in [-0.15, -0.1) is 0 Å². The van der Waals surface area contributed by atoms with E-state index >= 15 is 0 Å². The molecule has 7 unspecified atom stereocenters. The minimum atomic E-state index is -0.186. The van der Waals surface area contributed by atoms with E-state index in [1.54, 1.807) is 11.1 Å². The van der Waals surface area contributed by atoms with E-state index in [1.807, 2.05) is 0 Å². The molecule has 0 spiro atoms. The highest BCUT2D eigenvalue weighted by Gasteiger charge is 2.68. The van der Waals surface area contributed by atoms with E-state index in [9.17, 15) is 9.90 Å². The van der Waals surface area contributed by atoms with Crippen LogP contribution in [0.2, 0.25) is 0 Å². The summed E-state index contributed by atoms with van der Waals surface area (Å²) in [6.45, 7) is 19.4. The van der Waals surface area contributed by atoms with Gasteiger partial charge in [0.15, 0.2) is 0 Å². The standard InChI is InChI=1S/C30H48O2/c1-25(2)15-16-28(6)22(17-25)29(7)14-11-19-20(30(29,8)18-24(28)32)9-10-21-26(3,4)23(31)12-13-27(19,21)5/h21-23,31H,9-18H2,1-8H3. The van der Waals surface area contributed by atoms with Gasteiger partial charge >= 0.3 is 0 Å². The highest BCUT2D eigenvalue weighted by molar-refractivity contribution is 5.87. The van der Waals surface area contributed by atoms with Gasteiger partial charge in [0.25, 0.3) is 0 Å². The Morgan fingerprint density at radius 1 is 0.750 bits per heavy atom. The molecule has 0 radical (unpaired) electrons. The zero-order valence-electron chi connectivity index (χ0n) is 22.2. The molecule has 0 aliphatic heterocycles. The molecule has 0 aromatic carbocycles. The van der Waals surface area contributed by atoms with Crippen molar-refractivity contribution in [2.45, 2.75) is 126 Å². The number of hydrogen-bond acceptors (Lipinski definition) is 2. The summed E-state index contributed by atoms with van der Waals surface area (Å²) in [4.78, 5) is 13.9. The number of allylic oxidation sites excluding steroid dienone is 2. The highest BCUT2D eigenvalue weighted by atomic mass is 16.3. The van der Waals surface area contributed by atoms with Gasteiger partial charge in [-0.1, -0.05) is 66.5 Å². The molecule has 0 heterocycles. The average molecular weight is 441 g/mol. The molecule has 0 amide bonds. The van der Waals surface area contributed by atoms with Crippen LogP contribution in [0.25, 0.3) is 0 Å².